The van der Waals surface area contributed by atoms with E-state index in [0.29, 0.717) is 11.5 Å². The molecule has 0 spiro atoms. The van der Waals surface area contributed by atoms with Crippen LogP contribution in [0.5, 0.6) is 0 Å². The highest BCUT2D eigenvalue weighted by atomic mass is 16.1. The average molecular weight is 209 g/mol. The Morgan fingerprint density at radius 2 is 1.80 bits per heavy atom. The summed E-state index contributed by atoms with van der Waals surface area (Å²) in [4.78, 5) is 11.1. The predicted molar refractivity (Wildman–Crippen MR) is 63.5 cm³/mol. The van der Waals surface area contributed by atoms with Crippen molar-refractivity contribution in [2.45, 2.75) is 52.5 Å². The number of carbonyl (C=O) groups is 1. The van der Waals surface area contributed by atoms with Crippen molar-refractivity contribution >= 4 is 5.91 Å². The van der Waals surface area contributed by atoms with E-state index in [0.717, 1.165) is 18.8 Å². The van der Waals surface area contributed by atoms with Crippen LogP contribution >= 0.6 is 0 Å². The first-order valence-electron chi connectivity index (χ1n) is 5.86. The van der Waals surface area contributed by atoms with Gasteiger partial charge in [0, 0.05) is 6.04 Å². The molecule has 1 N–H and O–H groups in total. The van der Waals surface area contributed by atoms with Crippen LogP contribution in [0, 0.1) is 11.3 Å². The van der Waals surface area contributed by atoms with Crippen LogP contribution in [-0.4, -0.2) is 11.9 Å². The van der Waals surface area contributed by atoms with Gasteiger partial charge in [0.05, 0.1) is 0 Å². The quantitative estimate of drug-likeness (QED) is 0.696. The van der Waals surface area contributed by atoms with Gasteiger partial charge >= 0.3 is 0 Å². The van der Waals surface area contributed by atoms with E-state index >= 15 is 0 Å². The van der Waals surface area contributed by atoms with Gasteiger partial charge in [-0.05, 0) is 43.1 Å². The lowest BCUT2D eigenvalue weighted by atomic mass is 9.71. The Labute approximate surface area is 93.1 Å². The first-order chi connectivity index (χ1) is 6.93. The van der Waals surface area contributed by atoms with Gasteiger partial charge in [-0.1, -0.05) is 27.4 Å². The third kappa shape index (κ3) is 3.69. The lowest BCUT2D eigenvalue weighted by Gasteiger charge is -2.37. The van der Waals surface area contributed by atoms with Crippen molar-refractivity contribution in [2.75, 3.05) is 0 Å². The number of hydrogen-bond donors (Lipinski definition) is 1. The summed E-state index contributed by atoms with van der Waals surface area (Å²) >= 11 is 0. The monoisotopic (exact) mass is 209 g/mol. The summed E-state index contributed by atoms with van der Waals surface area (Å²) in [6.45, 7) is 10.4. The molecule has 0 saturated heterocycles. The van der Waals surface area contributed by atoms with Gasteiger partial charge in [-0.3, -0.25) is 4.79 Å². The second kappa shape index (κ2) is 4.82. The van der Waals surface area contributed by atoms with E-state index in [1.54, 1.807) is 0 Å². The van der Waals surface area contributed by atoms with Crippen LogP contribution in [0.25, 0.3) is 0 Å². The molecule has 0 aromatic carbocycles. The molecule has 15 heavy (non-hydrogen) atoms. The second-order valence-corrected chi connectivity index (χ2v) is 5.63. The van der Waals surface area contributed by atoms with Crippen LogP contribution in [0.2, 0.25) is 0 Å². The van der Waals surface area contributed by atoms with E-state index in [-0.39, 0.29) is 5.91 Å². The summed E-state index contributed by atoms with van der Waals surface area (Å²) in [5.41, 5.74) is 0.410. The van der Waals surface area contributed by atoms with Crippen molar-refractivity contribution in [2.24, 2.45) is 11.3 Å². The fourth-order valence-electron chi connectivity index (χ4n) is 2.36. The molecule has 0 aliphatic heterocycles. The van der Waals surface area contributed by atoms with Gasteiger partial charge in [0.15, 0.2) is 0 Å². The highest BCUT2D eigenvalue weighted by Crippen LogP contribution is 2.37. The van der Waals surface area contributed by atoms with Crippen LogP contribution in [0.4, 0.5) is 0 Å². The van der Waals surface area contributed by atoms with Crippen molar-refractivity contribution in [1.29, 1.82) is 0 Å². The van der Waals surface area contributed by atoms with E-state index in [9.17, 15) is 4.79 Å². The van der Waals surface area contributed by atoms with Crippen molar-refractivity contribution in [3.63, 3.8) is 0 Å². The van der Waals surface area contributed by atoms with Gasteiger partial charge in [0.1, 0.15) is 0 Å². The van der Waals surface area contributed by atoms with Crippen molar-refractivity contribution in [3.8, 4) is 0 Å². The zero-order valence-corrected chi connectivity index (χ0v) is 10.2. The number of hydrogen-bond acceptors (Lipinski definition) is 1. The van der Waals surface area contributed by atoms with E-state index < -0.39 is 0 Å². The van der Waals surface area contributed by atoms with Crippen molar-refractivity contribution in [3.05, 3.63) is 12.7 Å². The highest BCUT2D eigenvalue weighted by Gasteiger charge is 2.29. The molecule has 2 heteroatoms. The van der Waals surface area contributed by atoms with Crippen LogP contribution in [0.1, 0.15) is 46.5 Å². The van der Waals surface area contributed by atoms with Crippen LogP contribution < -0.4 is 5.32 Å². The normalized spacial score (nSPS) is 27.1. The van der Waals surface area contributed by atoms with Gasteiger partial charge < -0.3 is 5.32 Å². The van der Waals surface area contributed by atoms with Gasteiger partial charge in [0.2, 0.25) is 5.91 Å². The molecule has 2 nitrogen and oxygen atoms in total. The molecule has 1 aliphatic carbocycles. The molecule has 1 fully saturated rings. The van der Waals surface area contributed by atoms with E-state index in [1.165, 1.54) is 18.9 Å². The van der Waals surface area contributed by atoms with Crippen molar-refractivity contribution in [1.82, 2.24) is 5.32 Å². The predicted octanol–water partition coefficient (Wildman–Crippen LogP) is 2.89. The summed E-state index contributed by atoms with van der Waals surface area (Å²) in [6, 6.07) is 0.370. The Balaban J connectivity index is 2.36. The Kier molecular flexibility index (Phi) is 3.95. The number of carbonyl (C=O) groups excluding carboxylic acids is 1. The fourth-order valence-corrected chi connectivity index (χ4v) is 2.36. The third-order valence-electron chi connectivity index (χ3n) is 3.48. The number of nitrogens with one attached hydrogen (secondary N) is 1. The summed E-state index contributed by atoms with van der Waals surface area (Å²) in [5, 5.41) is 2.98. The summed E-state index contributed by atoms with van der Waals surface area (Å²) < 4.78 is 0. The molecule has 0 radical (unpaired) electrons. The van der Waals surface area contributed by atoms with Gasteiger partial charge in [-0.2, -0.15) is 0 Å². The molecule has 0 aromatic rings. The molecule has 0 aromatic heterocycles. The second-order valence-electron chi connectivity index (χ2n) is 5.63. The average Bonchev–Trinajstić information content (AvgIpc) is 2.17. The molecule has 0 atom stereocenters. The summed E-state index contributed by atoms with van der Waals surface area (Å²) in [5.74, 6) is 0.767. The first-order valence-corrected chi connectivity index (χ1v) is 5.86. The molecular weight excluding hydrogens is 186 g/mol. The molecule has 1 saturated carbocycles. The lowest BCUT2D eigenvalue weighted by molar-refractivity contribution is -0.117. The van der Waals surface area contributed by atoms with Crippen LogP contribution in [0.3, 0.4) is 0 Å². The standard InChI is InChI=1S/C13H23NO/c1-5-12(15)14-11-8-6-10(7-9-11)13(2,3)4/h5,10-11H,1,6-9H2,2-4H3,(H,14,15)/t10-,11+. The molecule has 0 bridgehead atoms. The molecule has 86 valence electrons. The zero-order chi connectivity index (χ0) is 11.5. The first kappa shape index (κ1) is 12.3. The molecular formula is C13H23NO. The Hall–Kier alpha value is -0.790. The third-order valence-corrected chi connectivity index (χ3v) is 3.48. The minimum atomic E-state index is -0.0331. The number of amides is 1. The van der Waals surface area contributed by atoms with Crippen molar-refractivity contribution < 1.29 is 4.79 Å². The largest absolute Gasteiger partial charge is 0.350 e. The topological polar surface area (TPSA) is 29.1 Å². The zero-order valence-electron chi connectivity index (χ0n) is 10.2. The smallest absolute Gasteiger partial charge is 0.243 e. The SMILES string of the molecule is C=CC(=O)N[C@H]1CC[C@@H](C(C)(C)C)CC1. The highest BCUT2D eigenvalue weighted by molar-refractivity contribution is 5.87. The maximum atomic E-state index is 11.1. The van der Waals surface area contributed by atoms with Gasteiger partial charge in [-0.25, -0.2) is 0 Å². The Morgan fingerprint density at radius 1 is 1.27 bits per heavy atom. The maximum Gasteiger partial charge on any atom is 0.243 e. The maximum absolute atomic E-state index is 11.1. The molecule has 0 unspecified atom stereocenters. The van der Waals surface area contributed by atoms with E-state index in [2.05, 4.69) is 32.7 Å². The molecule has 1 aliphatic rings. The fraction of sp³-hybridized carbons (Fsp3) is 0.769. The molecule has 1 amide bonds. The van der Waals surface area contributed by atoms with Crippen LogP contribution in [-0.2, 0) is 4.79 Å². The Bertz CT molecular complexity index is 231. The molecule has 0 heterocycles. The van der Waals surface area contributed by atoms with E-state index in [4.69, 9.17) is 0 Å². The van der Waals surface area contributed by atoms with E-state index in [1.807, 2.05) is 0 Å². The minimum absolute atomic E-state index is 0.0331. The van der Waals surface area contributed by atoms with Crippen LogP contribution in [0.15, 0.2) is 12.7 Å². The molecule has 1 rings (SSSR count). The Morgan fingerprint density at radius 3 is 2.20 bits per heavy atom. The summed E-state index contributed by atoms with van der Waals surface area (Å²) in [6.07, 6.45) is 6.04. The van der Waals surface area contributed by atoms with Gasteiger partial charge in [-0.15, -0.1) is 0 Å². The number of rotatable bonds is 2. The van der Waals surface area contributed by atoms with Gasteiger partial charge in [0.25, 0.3) is 0 Å². The minimum Gasteiger partial charge on any atom is -0.350 e. The summed E-state index contributed by atoms with van der Waals surface area (Å²) in [7, 11) is 0. The lowest BCUT2D eigenvalue weighted by Crippen LogP contribution is -2.38.